The Bertz CT molecular complexity index is 439. The Morgan fingerprint density at radius 2 is 1.70 bits per heavy atom. The summed E-state index contributed by atoms with van der Waals surface area (Å²) in [6.45, 7) is 4.68. The largest absolute Gasteiger partial charge is 0.480 e. The van der Waals surface area contributed by atoms with Gasteiger partial charge in [-0.2, -0.15) is 0 Å². The van der Waals surface area contributed by atoms with Gasteiger partial charge in [0.2, 0.25) is 0 Å². The van der Waals surface area contributed by atoms with E-state index in [1.165, 1.54) is 16.7 Å². The molecule has 0 amide bonds. The second-order valence-electron chi connectivity index (χ2n) is 5.29. The molecule has 0 aromatic carbocycles. The van der Waals surface area contributed by atoms with Gasteiger partial charge in [0.05, 0.1) is 13.1 Å². The number of hydrogen-bond donors (Lipinski definition) is 3. The molecule has 0 saturated carbocycles. The summed E-state index contributed by atoms with van der Waals surface area (Å²) in [5, 5.41) is 27.4. The zero-order valence-electron chi connectivity index (χ0n) is 13.4. The van der Waals surface area contributed by atoms with Gasteiger partial charge in [-0.15, -0.1) is 0 Å². The molecule has 0 fully saturated rings. The molecule has 9 heteroatoms. The molecule has 0 aromatic rings. The average Bonchev–Trinajstić information content (AvgIpc) is 2.40. The van der Waals surface area contributed by atoms with E-state index in [9.17, 15) is 19.5 Å². The summed E-state index contributed by atoms with van der Waals surface area (Å²) in [4.78, 5) is 35.6. The van der Waals surface area contributed by atoms with Crippen molar-refractivity contribution < 1.29 is 34.4 Å². The van der Waals surface area contributed by atoms with Gasteiger partial charge < -0.3 is 20.1 Å². The lowest BCUT2D eigenvalue weighted by Gasteiger charge is -2.25. The summed E-state index contributed by atoms with van der Waals surface area (Å²) in [6, 6.07) is 0. The topological polar surface area (TPSA) is 128 Å². The van der Waals surface area contributed by atoms with Crippen LogP contribution < -0.4 is 0 Å². The standard InChI is InChI=1S/C14H24N2O7/c1-10(2)14(22)23-9-11(17)6-16(8-13(20)21)5-4-15(3)7-12(18)19/h11,17H,1,4-9H2,2-3H3,(H,18,19)(H,20,21). The second kappa shape index (κ2) is 10.7. The van der Waals surface area contributed by atoms with E-state index in [-0.39, 0.29) is 38.4 Å². The number of likely N-dealkylation sites (N-methyl/N-ethyl adjacent to an activating group) is 1. The molecule has 0 radical (unpaired) electrons. The van der Waals surface area contributed by atoms with Gasteiger partial charge in [0.25, 0.3) is 0 Å². The fourth-order valence-electron chi connectivity index (χ4n) is 1.69. The van der Waals surface area contributed by atoms with Crippen LogP contribution in [-0.4, -0.2) is 95.5 Å². The molecule has 0 saturated heterocycles. The maximum Gasteiger partial charge on any atom is 0.333 e. The van der Waals surface area contributed by atoms with Crippen molar-refractivity contribution in [3.8, 4) is 0 Å². The van der Waals surface area contributed by atoms with E-state index in [4.69, 9.17) is 14.9 Å². The van der Waals surface area contributed by atoms with Crippen LogP contribution in [0.2, 0.25) is 0 Å². The van der Waals surface area contributed by atoms with E-state index in [1.54, 1.807) is 7.05 Å². The highest BCUT2D eigenvalue weighted by molar-refractivity contribution is 5.86. The number of carboxylic acids is 2. The molecule has 3 N–H and O–H groups in total. The third-order valence-electron chi connectivity index (χ3n) is 2.79. The maximum atomic E-state index is 11.2. The van der Waals surface area contributed by atoms with E-state index in [1.807, 2.05) is 0 Å². The molecular weight excluding hydrogens is 308 g/mol. The first-order chi connectivity index (χ1) is 10.6. The molecule has 0 aromatic heterocycles. The van der Waals surface area contributed by atoms with Crippen molar-refractivity contribution in [2.24, 2.45) is 0 Å². The Balaban J connectivity index is 4.37. The van der Waals surface area contributed by atoms with Gasteiger partial charge in [0, 0.05) is 25.2 Å². The summed E-state index contributed by atoms with van der Waals surface area (Å²) in [6.07, 6.45) is -1.05. The van der Waals surface area contributed by atoms with E-state index < -0.39 is 24.0 Å². The fraction of sp³-hybridized carbons (Fsp3) is 0.643. The number of aliphatic hydroxyl groups is 1. The lowest BCUT2D eigenvalue weighted by atomic mass is 10.3. The molecule has 0 aliphatic heterocycles. The van der Waals surface area contributed by atoms with Crippen LogP contribution in [0.5, 0.6) is 0 Å². The molecule has 23 heavy (non-hydrogen) atoms. The molecule has 0 aliphatic rings. The average molecular weight is 332 g/mol. The number of nitrogens with zero attached hydrogens (tertiary/aromatic N) is 2. The summed E-state index contributed by atoms with van der Waals surface area (Å²) >= 11 is 0. The maximum absolute atomic E-state index is 11.2. The molecule has 0 spiro atoms. The number of ether oxygens (including phenoxy) is 1. The molecule has 1 atom stereocenters. The molecular formula is C14H24N2O7. The minimum Gasteiger partial charge on any atom is -0.480 e. The van der Waals surface area contributed by atoms with Crippen LogP contribution in [0.4, 0.5) is 0 Å². The van der Waals surface area contributed by atoms with Crippen molar-refractivity contribution in [3.05, 3.63) is 12.2 Å². The third-order valence-corrected chi connectivity index (χ3v) is 2.79. The van der Waals surface area contributed by atoms with Gasteiger partial charge >= 0.3 is 17.9 Å². The number of carboxylic acid groups (broad SMARTS) is 2. The van der Waals surface area contributed by atoms with E-state index in [2.05, 4.69) is 6.58 Å². The van der Waals surface area contributed by atoms with Gasteiger partial charge in [0.1, 0.15) is 12.7 Å². The third kappa shape index (κ3) is 11.3. The normalized spacial score (nSPS) is 12.2. The smallest absolute Gasteiger partial charge is 0.333 e. The Morgan fingerprint density at radius 3 is 2.17 bits per heavy atom. The number of aliphatic carboxylic acids is 2. The van der Waals surface area contributed by atoms with Crippen molar-refractivity contribution in [1.82, 2.24) is 9.80 Å². The fourth-order valence-corrected chi connectivity index (χ4v) is 1.69. The minimum absolute atomic E-state index is 0.0172. The van der Waals surface area contributed by atoms with Crippen molar-refractivity contribution >= 4 is 17.9 Å². The van der Waals surface area contributed by atoms with Crippen LogP contribution >= 0.6 is 0 Å². The second-order valence-corrected chi connectivity index (χ2v) is 5.29. The minimum atomic E-state index is -1.07. The Labute approximate surface area is 134 Å². The Morgan fingerprint density at radius 1 is 1.13 bits per heavy atom. The first-order valence-electron chi connectivity index (χ1n) is 6.97. The Hall–Kier alpha value is -1.97. The van der Waals surface area contributed by atoms with Gasteiger partial charge in [-0.1, -0.05) is 6.58 Å². The lowest BCUT2D eigenvalue weighted by molar-refractivity contribution is -0.143. The van der Waals surface area contributed by atoms with E-state index in [0.717, 1.165) is 0 Å². The van der Waals surface area contributed by atoms with Crippen LogP contribution in [0, 0.1) is 0 Å². The van der Waals surface area contributed by atoms with Crippen molar-refractivity contribution in [1.29, 1.82) is 0 Å². The lowest BCUT2D eigenvalue weighted by Crippen LogP contribution is -2.42. The van der Waals surface area contributed by atoms with Crippen molar-refractivity contribution in [2.45, 2.75) is 13.0 Å². The van der Waals surface area contributed by atoms with E-state index >= 15 is 0 Å². The summed E-state index contributed by atoms with van der Waals surface area (Å²) < 4.78 is 4.80. The van der Waals surface area contributed by atoms with E-state index in [0.29, 0.717) is 6.54 Å². The molecule has 0 heterocycles. The predicted molar refractivity (Wildman–Crippen MR) is 81.0 cm³/mol. The monoisotopic (exact) mass is 332 g/mol. The zero-order valence-corrected chi connectivity index (χ0v) is 13.4. The van der Waals surface area contributed by atoms with Crippen LogP contribution in [-0.2, 0) is 19.1 Å². The van der Waals surface area contributed by atoms with Gasteiger partial charge in [0.15, 0.2) is 0 Å². The van der Waals surface area contributed by atoms with Gasteiger partial charge in [-0.3, -0.25) is 19.4 Å². The number of carbonyl (C=O) groups is 3. The molecule has 0 rings (SSSR count). The molecule has 9 nitrogen and oxygen atoms in total. The SMILES string of the molecule is C=C(C)C(=O)OCC(O)CN(CCN(C)CC(=O)O)CC(=O)O. The summed E-state index contributed by atoms with van der Waals surface area (Å²) in [7, 11) is 1.60. The number of hydrogen-bond acceptors (Lipinski definition) is 7. The highest BCUT2D eigenvalue weighted by Gasteiger charge is 2.17. The molecule has 1 unspecified atom stereocenters. The number of aliphatic hydroxyl groups excluding tert-OH is 1. The highest BCUT2D eigenvalue weighted by atomic mass is 16.5. The van der Waals surface area contributed by atoms with Gasteiger partial charge in [-0.05, 0) is 14.0 Å². The van der Waals surface area contributed by atoms with Crippen LogP contribution in [0.3, 0.4) is 0 Å². The van der Waals surface area contributed by atoms with Crippen molar-refractivity contribution in [3.63, 3.8) is 0 Å². The molecule has 132 valence electrons. The van der Waals surface area contributed by atoms with Crippen LogP contribution in [0.15, 0.2) is 12.2 Å². The predicted octanol–water partition coefficient (Wildman–Crippen LogP) is -1.13. The molecule has 0 bridgehead atoms. The summed E-state index contributed by atoms with van der Waals surface area (Å²) in [5.41, 5.74) is 0.204. The van der Waals surface area contributed by atoms with Crippen molar-refractivity contribution in [2.75, 3.05) is 46.4 Å². The Kier molecular flexibility index (Phi) is 9.79. The summed E-state index contributed by atoms with van der Waals surface area (Å²) in [5.74, 6) is -2.68. The van der Waals surface area contributed by atoms with Gasteiger partial charge in [-0.25, -0.2) is 4.79 Å². The first-order valence-corrected chi connectivity index (χ1v) is 6.97. The number of carbonyl (C=O) groups excluding carboxylic acids is 1. The number of rotatable bonds is 12. The highest BCUT2D eigenvalue weighted by Crippen LogP contribution is 1.98. The quantitative estimate of drug-likeness (QED) is 0.300. The van der Waals surface area contributed by atoms with Crippen LogP contribution in [0.1, 0.15) is 6.92 Å². The zero-order chi connectivity index (χ0) is 18.0. The number of esters is 1. The van der Waals surface area contributed by atoms with Crippen LogP contribution in [0.25, 0.3) is 0 Å². The first kappa shape index (κ1) is 21.0. The molecule has 0 aliphatic carbocycles.